The molecular formula is C14H27N3O2. The van der Waals surface area contributed by atoms with Crippen LogP contribution in [0.15, 0.2) is 0 Å². The van der Waals surface area contributed by atoms with Crippen LogP contribution in [0.4, 0.5) is 0 Å². The van der Waals surface area contributed by atoms with Crippen molar-refractivity contribution in [2.45, 2.75) is 52.5 Å². The van der Waals surface area contributed by atoms with Crippen molar-refractivity contribution in [2.75, 3.05) is 19.6 Å². The van der Waals surface area contributed by atoms with Crippen molar-refractivity contribution >= 4 is 11.8 Å². The molecule has 110 valence electrons. The van der Waals surface area contributed by atoms with Gasteiger partial charge >= 0.3 is 0 Å². The minimum absolute atomic E-state index is 0.0750. The van der Waals surface area contributed by atoms with Crippen LogP contribution >= 0.6 is 0 Å². The van der Waals surface area contributed by atoms with E-state index in [2.05, 4.69) is 5.32 Å². The molecule has 0 radical (unpaired) electrons. The molecule has 2 amide bonds. The van der Waals surface area contributed by atoms with Crippen LogP contribution in [0.5, 0.6) is 0 Å². The predicted octanol–water partition coefficient (Wildman–Crippen LogP) is 0.879. The third-order valence-corrected chi connectivity index (χ3v) is 3.40. The first-order chi connectivity index (χ1) is 8.84. The van der Waals surface area contributed by atoms with Gasteiger partial charge in [0.2, 0.25) is 11.8 Å². The molecule has 5 nitrogen and oxygen atoms in total. The second kappa shape index (κ2) is 6.89. The molecule has 0 bridgehead atoms. The van der Waals surface area contributed by atoms with Crippen LogP contribution in [-0.4, -0.2) is 42.4 Å². The summed E-state index contributed by atoms with van der Waals surface area (Å²) in [4.78, 5) is 25.6. The molecule has 1 aliphatic rings. The van der Waals surface area contributed by atoms with E-state index in [4.69, 9.17) is 5.73 Å². The highest BCUT2D eigenvalue weighted by atomic mass is 16.2. The standard InChI is InChI=1S/C14H27N3O2/c1-14(2,3)13(19)17-9-6-11(7-10-17)16-12(18)5-4-8-15/h11H,4-10,15H2,1-3H3,(H,16,18). The molecular weight excluding hydrogens is 242 g/mol. The van der Waals surface area contributed by atoms with Crippen molar-refractivity contribution in [1.82, 2.24) is 10.2 Å². The van der Waals surface area contributed by atoms with Gasteiger partial charge in [-0.2, -0.15) is 0 Å². The molecule has 0 aromatic heterocycles. The summed E-state index contributed by atoms with van der Waals surface area (Å²) in [5.74, 6) is 0.270. The van der Waals surface area contributed by atoms with E-state index in [0.717, 1.165) is 32.4 Å². The molecule has 3 N–H and O–H groups in total. The highest BCUT2D eigenvalue weighted by Crippen LogP contribution is 2.20. The number of hydrogen-bond donors (Lipinski definition) is 2. The Balaban J connectivity index is 2.33. The average molecular weight is 269 g/mol. The fourth-order valence-electron chi connectivity index (χ4n) is 2.26. The molecule has 1 rings (SSSR count). The van der Waals surface area contributed by atoms with Gasteiger partial charge in [0.25, 0.3) is 0 Å². The minimum Gasteiger partial charge on any atom is -0.353 e. The average Bonchev–Trinajstić information content (AvgIpc) is 2.35. The molecule has 0 aromatic carbocycles. The van der Waals surface area contributed by atoms with E-state index in [1.54, 1.807) is 0 Å². The smallest absolute Gasteiger partial charge is 0.227 e. The second-order valence-corrected chi connectivity index (χ2v) is 6.28. The van der Waals surface area contributed by atoms with Gasteiger partial charge in [-0.15, -0.1) is 0 Å². The molecule has 0 spiro atoms. The highest BCUT2D eigenvalue weighted by Gasteiger charge is 2.30. The second-order valence-electron chi connectivity index (χ2n) is 6.28. The summed E-state index contributed by atoms with van der Waals surface area (Å²) in [7, 11) is 0. The third-order valence-electron chi connectivity index (χ3n) is 3.40. The maximum absolute atomic E-state index is 12.1. The van der Waals surface area contributed by atoms with Gasteiger partial charge in [-0.05, 0) is 25.8 Å². The molecule has 0 aliphatic carbocycles. The van der Waals surface area contributed by atoms with Gasteiger partial charge in [0.1, 0.15) is 0 Å². The molecule has 19 heavy (non-hydrogen) atoms. The Bertz CT molecular complexity index is 315. The van der Waals surface area contributed by atoms with Gasteiger partial charge in [-0.3, -0.25) is 9.59 Å². The van der Waals surface area contributed by atoms with E-state index in [1.165, 1.54) is 0 Å². The molecule has 1 fully saturated rings. The fraction of sp³-hybridized carbons (Fsp3) is 0.857. The Kier molecular flexibility index (Phi) is 5.79. The number of carbonyl (C=O) groups excluding carboxylic acids is 2. The Morgan fingerprint density at radius 1 is 1.26 bits per heavy atom. The lowest BCUT2D eigenvalue weighted by Gasteiger charge is -2.36. The topological polar surface area (TPSA) is 75.4 Å². The quantitative estimate of drug-likeness (QED) is 0.795. The fourth-order valence-corrected chi connectivity index (χ4v) is 2.26. The van der Waals surface area contributed by atoms with Crippen LogP contribution < -0.4 is 11.1 Å². The first kappa shape index (κ1) is 16.0. The van der Waals surface area contributed by atoms with Crippen LogP contribution in [0.25, 0.3) is 0 Å². The van der Waals surface area contributed by atoms with Gasteiger partial charge in [0.15, 0.2) is 0 Å². The molecule has 0 saturated carbocycles. The summed E-state index contributed by atoms with van der Waals surface area (Å²) >= 11 is 0. The largest absolute Gasteiger partial charge is 0.353 e. The molecule has 1 aliphatic heterocycles. The molecule has 0 aromatic rings. The molecule has 1 heterocycles. The number of hydrogen-bond acceptors (Lipinski definition) is 3. The number of likely N-dealkylation sites (tertiary alicyclic amines) is 1. The van der Waals surface area contributed by atoms with Crippen LogP contribution in [0.3, 0.4) is 0 Å². The zero-order chi connectivity index (χ0) is 14.5. The summed E-state index contributed by atoms with van der Waals surface area (Å²) in [6.45, 7) is 7.84. The van der Waals surface area contributed by atoms with Crippen LogP contribution in [0, 0.1) is 5.41 Å². The molecule has 0 unspecified atom stereocenters. The third kappa shape index (κ3) is 5.19. The van der Waals surface area contributed by atoms with Crippen molar-refractivity contribution in [3.8, 4) is 0 Å². The highest BCUT2D eigenvalue weighted by molar-refractivity contribution is 5.81. The predicted molar refractivity (Wildman–Crippen MR) is 75.5 cm³/mol. The molecule has 0 atom stereocenters. The number of nitrogens with zero attached hydrogens (tertiary/aromatic N) is 1. The van der Waals surface area contributed by atoms with Gasteiger partial charge in [-0.25, -0.2) is 0 Å². The van der Waals surface area contributed by atoms with Crippen LogP contribution in [0.1, 0.15) is 46.5 Å². The van der Waals surface area contributed by atoms with Crippen LogP contribution in [-0.2, 0) is 9.59 Å². The zero-order valence-corrected chi connectivity index (χ0v) is 12.4. The van der Waals surface area contributed by atoms with Gasteiger partial charge < -0.3 is 16.0 Å². The number of amides is 2. The van der Waals surface area contributed by atoms with E-state index in [0.29, 0.717) is 13.0 Å². The Hall–Kier alpha value is -1.10. The minimum atomic E-state index is -0.322. The number of carbonyl (C=O) groups is 2. The van der Waals surface area contributed by atoms with Crippen molar-refractivity contribution < 1.29 is 9.59 Å². The van der Waals surface area contributed by atoms with E-state index in [9.17, 15) is 9.59 Å². The number of piperidine rings is 1. The Morgan fingerprint density at radius 2 is 1.84 bits per heavy atom. The van der Waals surface area contributed by atoms with Crippen molar-refractivity contribution in [3.63, 3.8) is 0 Å². The SMILES string of the molecule is CC(C)(C)C(=O)N1CCC(NC(=O)CCCN)CC1. The van der Waals surface area contributed by atoms with Gasteiger partial charge in [-0.1, -0.05) is 20.8 Å². The van der Waals surface area contributed by atoms with Crippen molar-refractivity contribution in [2.24, 2.45) is 11.1 Å². The maximum Gasteiger partial charge on any atom is 0.227 e. The summed E-state index contributed by atoms with van der Waals surface area (Å²) in [6, 6.07) is 0.203. The summed E-state index contributed by atoms with van der Waals surface area (Å²) in [5.41, 5.74) is 5.06. The lowest BCUT2D eigenvalue weighted by atomic mass is 9.93. The van der Waals surface area contributed by atoms with Gasteiger partial charge in [0, 0.05) is 31.0 Å². The van der Waals surface area contributed by atoms with E-state index >= 15 is 0 Å². The maximum atomic E-state index is 12.1. The summed E-state index contributed by atoms with van der Waals surface area (Å²) in [6.07, 6.45) is 2.91. The first-order valence-electron chi connectivity index (χ1n) is 7.13. The van der Waals surface area contributed by atoms with Crippen LogP contribution in [0.2, 0.25) is 0 Å². The van der Waals surface area contributed by atoms with E-state index < -0.39 is 0 Å². The normalized spacial score (nSPS) is 17.4. The van der Waals surface area contributed by atoms with Gasteiger partial charge in [0.05, 0.1) is 0 Å². The van der Waals surface area contributed by atoms with E-state index in [1.807, 2.05) is 25.7 Å². The molecule has 1 saturated heterocycles. The Labute approximate surface area is 115 Å². The monoisotopic (exact) mass is 269 g/mol. The lowest BCUT2D eigenvalue weighted by Crippen LogP contribution is -2.49. The lowest BCUT2D eigenvalue weighted by molar-refractivity contribution is -0.140. The van der Waals surface area contributed by atoms with E-state index in [-0.39, 0.29) is 23.3 Å². The molecule has 5 heteroatoms. The Morgan fingerprint density at radius 3 is 2.32 bits per heavy atom. The van der Waals surface area contributed by atoms with Crippen molar-refractivity contribution in [3.05, 3.63) is 0 Å². The van der Waals surface area contributed by atoms with Crippen molar-refractivity contribution in [1.29, 1.82) is 0 Å². The summed E-state index contributed by atoms with van der Waals surface area (Å²) in [5, 5.41) is 3.02. The number of nitrogens with one attached hydrogen (secondary N) is 1. The zero-order valence-electron chi connectivity index (χ0n) is 12.4. The number of nitrogens with two attached hydrogens (primary N) is 1. The first-order valence-corrected chi connectivity index (χ1v) is 7.13. The number of rotatable bonds is 4. The summed E-state index contributed by atoms with van der Waals surface area (Å²) < 4.78 is 0.